The van der Waals surface area contributed by atoms with Crippen LogP contribution in [0.4, 0.5) is 0 Å². The van der Waals surface area contributed by atoms with Gasteiger partial charge in [-0.2, -0.15) is 0 Å². The average molecular weight is 297 g/mol. The van der Waals surface area contributed by atoms with E-state index in [1.807, 2.05) is 35.0 Å². The van der Waals surface area contributed by atoms with Gasteiger partial charge in [-0.15, -0.1) is 11.3 Å². The number of ether oxygens (including phenoxy) is 1. The minimum absolute atomic E-state index is 0.195. The summed E-state index contributed by atoms with van der Waals surface area (Å²) in [6.45, 7) is 0. The van der Waals surface area contributed by atoms with Gasteiger partial charge in [0.1, 0.15) is 5.75 Å². The number of aromatic nitrogens is 3. The van der Waals surface area contributed by atoms with Gasteiger partial charge in [0.2, 0.25) is 0 Å². The van der Waals surface area contributed by atoms with Crippen molar-refractivity contribution < 1.29 is 4.74 Å². The summed E-state index contributed by atoms with van der Waals surface area (Å²) in [5.41, 5.74) is 3.39. The first-order chi connectivity index (χ1) is 10.2. The molecule has 0 amide bonds. The highest BCUT2D eigenvalue weighted by atomic mass is 32.1. The summed E-state index contributed by atoms with van der Waals surface area (Å²) in [7, 11) is 1.63. The molecule has 3 heterocycles. The lowest BCUT2D eigenvalue weighted by Crippen LogP contribution is -2.10. The minimum Gasteiger partial charge on any atom is -0.497 e. The maximum atomic E-state index is 12.2. The van der Waals surface area contributed by atoms with Crippen LogP contribution in [0.2, 0.25) is 0 Å². The second-order valence-electron chi connectivity index (χ2n) is 4.72. The molecule has 4 rings (SSSR count). The topological polar surface area (TPSA) is 70.8 Å². The lowest BCUT2D eigenvalue weighted by atomic mass is 10.2. The van der Waals surface area contributed by atoms with Crippen LogP contribution in [0.1, 0.15) is 0 Å². The maximum absolute atomic E-state index is 12.2. The van der Waals surface area contributed by atoms with Gasteiger partial charge in [0.15, 0.2) is 5.69 Å². The van der Waals surface area contributed by atoms with Gasteiger partial charge in [0, 0.05) is 27.7 Å². The third kappa shape index (κ3) is 1.92. The number of methoxy groups -OCH3 is 1. The van der Waals surface area contributed by atoms with Crippen LogP contribution in [0.25, 0.3) is 33.3 Å². The highest BCUT2D eigenvalue weighted by Crippen LogP contribution is 2.25. The Bertz CT molecular complexity index is 1010. The van der Waals surface area contributed by atoms with Gasteiger partial charge in [0.25, 0.3) is 5.56 Å². The summed E-state index contributed by atoms with van der Waals surface area (Å²) in [6.07, 6.45) is 0. The Hall–Kier alpha value is -2.60. The normalized spacial score (nSPS) is 11.3. The van der Waals surface area contributed by atoms with Crippen LogP contribution in [0.3, 0.4) is 0 Å². The third-order valence-corrected chi connectivity index (χ3v) is 4.15. The third-order valence-electron chi connectivity index (χ3n) is 3.42. The Kier molecular flexibility index (Phi) is 2.58. The molecule has 0 saturated heterocycles. The van der Waals surface area contributed by atoms with E-state index in [9.17, 15) is 4.79 Å². The van der Waals surface area contributed by atoms with Crippen LogP contribution in [0.5, 0.6) is 5.75 Å². The molecule has 0 aliphatic rings. The molecule has 2 N–H and O–H groups in total. The first kappa shape index (κ1) is 12.2. The van der Waals surface area contributed by atoms with Crippen molar-refractivity contribution in [2.75, 3.05) is 7.11 Å². The monoisotopic (exact) mass is 297 g/mol. The van der Waals surface area contributed by atoms with Gasteiger partial charge in [-0.25, -0.2) is 4.98 Å². The van der Waals surface area contributed by atoms with Gasteiger partial charge in [-0.3, -0.25) is 4.79 Å². The van der Waals surface area contributed by atoms with Crippen LogP contribution in [-0.2, 0) is 0 Å². The van der Waals surface area contributed by atoms with Crippen molar-refractivity contribution >= 4 is 33.3 Å². The van der Waals surface area contributed by atoms with Gasteiger partial charge in [-0.05, 0) is 18.2 Å². The van der Waals surface area contributed by atoms with Gasteiger partial charge < -0.3 is 14.7 Å². The molecular weight excluding hydrogens is 286 g/mol. The molecule has 1 aromatic carbocycles. The van der Waals surface area contributed by atoms with E-state index >= 15 is 0 Å². The number of aromatic amines is 2. The fourth-order valence-corrected chi connectivity index (χ4v) is 3.06. The summed E-state index contributed by atoms with van der Waals surface area (Å²) in [5, 5.41) is 4.81. The molecule has 21 heavy (non-hydrogen) atoms. The van der Waals surface area contributed by atoms with Crippen molar-refractivity contribution in [3.63, 3.8) is 0 Å². The fraction of sp³-hybridized carbons (Fsp3) is 0.0667. The largest absolute Gasteiger partial charge is 0.497 e. The molecule has 0 saturated carbocycles. The first-order valence-electron chi connectivity index (χ1n) is 6.38. The van der Waals surface area contributed by atoms with Gasteiger partial charge in [-0.1, -0.05) is 0 Å². The second kappa shape index (κ2) is 4.46. The number of nitrogens with zero attached hydrogens (tertiary/aromatic N) is 1. The van der Waals surface area contributed by atoms with Gasteiger partial charge >= 0.3 is 0 Å². The molecule has 0 atom stereocenters. The van der Waals surface area contributed by atoms with E-state index in [4.69, 9.17) is 4.74 Å². The zero-order chi connectivity index (χ0) is 14.4. The van der Waals surface area contributed by atoms with E-state index in [-0.39, 0.29) is 5.56 Å². The Balaban J connectivity index is 1.94. The highest BCUT2D eigenvalue weighted by Gasteiger charge is 2.11. The number of benzene rings is 1. The summed E-state index contributed by atoms with van der Waals surface area (Å²) in [5.74, 6) is 0.769. The van der Waals surface area contributed by atoms with Crippen LogP contribution in [0.15, 0.2) is 39.8 Å². The molecular formula is C15H11N3O2S. The van der Waals surface area contributed by atoms with Crippen LogP contribution >= 0.6 is 11.3 Å². The lowest BCUT2D eigenvalue weighted by Gasteiger charge is -1.98. The zero-order valence-corrected chi connectivity index (χ0v) is 12.0. The van der Waals surface area contributed by atoms with Crippen molar-refractivity contribution in [2.24, 2.45) is 0 Å². The molecule has 5 nitrogen and oxygen atoms in total. The molecule has 0 fully saturated rings. The molecule has 0 unspecified atom stereocenters. The first-order valence-corrected chi connectivity index (χ1v) is 7.32. The number of rotatable bonds is 2. The molecule has 0 aliphatic carbocycles. The van der Waals surface area contributed by atoms with E-state index in [0.717, 1.165) is 27.7 Å². The van der Waals surface area contributed by atoms with Crippen molar-refractivity contribution in [3.05, 3.63) is 45.4 Å². The van der Waals surface area contributed by atoms with Crippen LogP contribution < -0.4 is 10.3 Å². The fourth-order valence-electron chi connectivity index (χ4n) is 2.37. The van der Waals surface area contributed by atoms with E-state index in [1.165, 1.54) is 11.3 Å². The highest BCUT2D eigenvalue weighted by molar-refractivity contribution is 7.09. The number of H-pyrrole nitrogens is 2. The number of thiophene rings is 1. The minimum atomic E-state index is -0.195. The van der Waals surface area contributed by atoms with Gasteiger partial charge in [0.05, 0.1) is 23.8 Å². The zero-order valence-electron chi connectivity index (χ0n) is 11.1. The number of nitrogens with one attached hydrogen (secondary N) is 2. The quantitative estimate of drug-likeness (QED) is 0.597. The average Bonchev–Trinajstić information content (AvgIpc) is 3.10. The molecule has 6 heteroatoms. The standard InChI is InChI=1S/C15H11N3O2S/c1-20-9-3-2-8-4-11(16-10(8)5-9)14-15(19)18-13-7-21-6-12(13)17-14/h2-7,16H,1H3,(H,18,19). The lowest BCUT2D eigenvalue weighted by molar-refractivity contribution is 0.415. The summed E-state index contributed by atoms with van der Waals surface area (Å²) in [6, 6.07) is 7.66. The van der Waals surface area contributed by atoms with Crippen molar-refractivity contribution in [1.29, 1.82) is 0 Å². The number of hydrogen-bond acceptors (Lipinski definition) is 4. The smallest absolute Gasteiger partial charge is 0.276 e. The SMILES string of the molecule is COc1ccc2cc(-c3nc4cscc4[nH]c3=O)[nH]c2c1. The van der Waals surface area contributed by atoms with Crippen molar-refractivity contribution in [1.82, 2.24) is 15.0 Å². The summed E-state index contributed by atoms with van der Waals surface area (Å²) in [4.78, 5) is 22.7. The van der Waals surface area contributed by atoms with Crippen molar-refractivity contribution in [2.45, 2.75) is 0 Å². The molecule has 0 spiro atoms. The predicted octanol–water partition coefficient (Wildman–Crippen LogP) is 3.14. The number of hydrogen-bond donors (Lipinski definition) is 2. The number of fused-ring (bicyclic) bond motifs is 2. The molecule has 3 aromatic heterocycles. The van der Waals surface area contributed by atoms with E-state index in [1.54, 1.807) is 7.11 Å². The molecule has 0 radical (unpaired) electrons. The van der Waals surface area contributed by atoms with E-state index in [2.05, 4.69) is 15.0 Å². The molecule has 0 bridgehead atoms. The second-order valence-corrected chi connectivity index (χ2v) is 5.46. The summed E-state index contributed by atoms with van der Waals surface area (Å²) < 4.78 is 5.21. The Morgan fingerprint density at radius 3 is 2.90 bits per heavy atom. The van der Waals surface area contributed by atoms with E-state index in [0.29, 0.717) is 11.4 Å². The van der Waals surface area contributed by atoms with Crippen LogP contribution in [0, 0.1) is 0 Å². The Labute approximate surface area is 123 Å². The van der Waals surface area contributed by atoms with Crippen molar-refractivity contribution in [3.8, 4) is 17.1 Å². The summed E-state index contributed by atoms with van der Waals surface area (Å²) >= 11 is 1.52. The maximum Gasteiger partial charge on any atom is 0.276 e. The van der Waals surface area contributed by atoms with E-state index < -0.39 is 0 Å². The Morgan fingerprint density at radius 2 is 2.05 bits per heavy atom. The molecule has 4 aromatic rings. The van der Waals surface area contributed by atoms with Crippen LogP contribution in [-0.4, -0.2) is 22.1 Å². The molecule has 0 aliphatic heterocycles. The Morgan fingerprint density at radius 1 is 1.14 bits per heavy atom. The molecule has 104 valence electrons. The predicted molar refractivity (Wildman–Crippen MR) is 84.1 cm³/mol.